The molecule has 0 bridgehead atoms. The number of nitrogens with zero attached hydrogens (tertiary/aromatic N) is 1. The monoisotopic (exact) mass is 270 g/mol. The van der Waals surface area contributed by atoms with Gasteiger partial charge in [0.25, 0.3) is 0 Å². The number of pyridine rings is 1. The Morgan fingerprint density at radius 2 is 2.00 bits per heavy atom. The van der Waals surface area contributed by atoms with Gasteiger partial charge in [-0.1, -0.05) is 30.3 Å². The Bertz CT molecular complexity index is 645. The Balaban J connectivity index is 2.20. The van der Waals surface area contributed by atoms with Crippen LogP contribution >= 0.6 is 0 Å². The average molecular weight is 270 g/mol. The summed E-state index contributed by atoms with van der Waals surface area (Å²) < 4.78 is 7.61. The molecule has 0 radical (unpaired) electrons. The number of hydrogen-bond donors (Lipinski definition) is 1. The summed E-state index contributed by atoms with van der Waals surface area (Å²) in [7, 11) is 0. The molecular weight excluding hydrogens is 252 g/mol. The maximum atomic E-state index is 11.9. The SMILES string of the molecule is Cc1c(OCc2ccccc2)c(=O)ccn1CC=CN. The van der Waals surface area contributed by atoms with Crippen LogP contribution in [0.25, 0.3) is 0 Å². The lowest BCUT2D eigenvalue weighted by Gasteiger charge is -2.13. The highest BCUT2D eigenvalue weighted by Crippen LogP contribution is 2.14. The summed E-state index contributed by atoms with van der Waals surface area (Å²) in [5, 5.41) is 0. The van der Waals surface area contributed by atoms with E-state index in [0.29, 0.717) is 18.9 Å². The maximum Gasteiger partial charge on any atom is 0.223 e. The van der Waals surface area contributed by atoms with Gasteiger partial charge in [0, 0.05) is 18.8 Å². The van der Waals surface area contributed by atoms with Crippen molar-refractivity contribution in [2.75, 3.05) is 0 Å². The lowest BCUT2D eigenvalue weighted by Crippen LogP contribution is -2.14. The topological polar surface area (TPSA) is 57.2 Å². The molecule has 1 aromatic carbocycles. The van der Waals surface area contributed by atoms with Crippen LogP contribution in [0.4, 0.5) is 0 Å². The van der Waals surface area contributed by atoms with Crippen LogP contribution in [-0.2, 0) is 13.2 Å². The molecule has 0 aliphatic heterocycles. The van der Waals surface area contributed by atoms with Crippen LogP contribution in [0, 0.1) is 6.92 Å². The summed E-state index contributed by atoms with van der Waals surface area (Å²) in [6.07, 6.45) is 5.05. The molecule has 0 saturated heterocycles. The number of hydrogen-bond acceptors (Lipinski definition) is 3. The molecule has 0 aliphatic carbocycles. The Kier molecular flexibility index (Phi) is 4.60. The normalized spacial score (nSPS) is 10.8. The second kappa shape index (κ2) is 6.61. The fourth-order valence-electron chi connectivity index (χ4n) is 1.93. The van der Waals surface area contributed by atoms with Crippen molar-refractivity contribution in [2.24, 2.45) is 5.73 Å². The zero-order chi connectivity index (χ0) is 14.4. The summed E-state index contributed by atoms with van der Waals surface area (Å²) in [5.41, 5.74) is 7.07. The summed E-state index contributed by atoms with van der Waals surface area (Å²) in [4.78, 5) is 11.9. The third kappa shape index (κ3) is 3.29. The third-order valence-corrected chi connectivity index (χ3v) is 3.05. The highest BCUT2D eigenvalue weighted by atomic mass is 16.5. The van der Waals surface area contributed by atoms with E-state index in [4.69, 9.17) is 10.5 Å². The van der Waals surface area contributed by atoms with Gasteiger partial charge in [0.05, 0.1) is 5.69 Å². The van der Waals surface area contributed by atoms with Gasteiger partial charge in [0.1, 0.15) is 6.61 Å². The summed E-state index contributed by atoms with van der Waals surface area (Å²) in [6.45, 7) is 2.87. The summed E-state index contributed by atoms with van der Waals surface area (Å²) in [5.74, 6) is 0.391. The summed E-state index contributed by atoms with van der Waals surface area (Å²) in [6, 6.07) is 11.3. The van der Waals surface area contributed by atoms with Crippen LogP contribution in [0.5, 0.6) is 5.75 Å². The molecule has 0 atom stereocenters. The van der Waals surface area contributed by atoms with Crippen molar-refractivity contribution in [1.29, 1.82) is 0 Å². The van der Waals surface area contributed by atoms with Crippen LogP contribution in [0.3, 0.4) is 0 Å². The second-order valence-corrected chi connectivity index (χ2v) is 4.45. The first-order valence-corrected chi connectivity index (χ1v) is 6.46. The van der Waals surface area contributed by atoms with Gasteiger partial charge in [-0.3, -0.25) is 4.79 Å². The van der Waals surface area contributed by atoms with Crippen molar-refractivity contribution in [3.63, 3.8) is 0 Å². The lowest BCUT2D eigenvalue weighted by atomic mass is 10.2. The molecule has 1 aromatic heterocycles. The fourth-order valence-corrected chi connectivity index (χ4v) is 1.93. The molecule has 1 heterocycles. The number of nitrogens with two attached hydrogens (primary N) is 1. The van der Waals surface area contributed by atoms with E-state index in [-0.39, 0.29) is 5.43 Å². The number of aromatic nitrogens is 1. The Morgan fingerprint density at radius 1 is 1.25 bits per heavy atom. The van der Waals surface area contributed by atoms with Crippen LogP contribution in [0.2, 0.25) is 0 Å². The molecule has 0 spiro atoms. The van der Waals surface area contributed by atoms with E-state index in [9.17, 15) is 4.79 Å². The average Bonchev–Trinajstić information content (AvgIpc) is 2.47. The molecule has 20 heavy (non-hydrogen) atoms. The van der Waals surface area contributed by atoms with Gasteiger partial charge in [-0.2, -0.15) is 0 Å². The van der Waals surface area contributed by atoms with Gasteiger partial charge >= 0.3 is 0 Å². The van der Waals surface area contributed by atoms with E-state index in [2.05, 4.69) is 0 Å². The predicted molar refractivity (Wildman–Crippen MR) is 79.5 cm³/mol. The van der Waals surface area contributed by atoms with Gasteiger partial charge in [-0.15, -0.1) is 0 Å². The van der Waals surface area contributed by atoms with Crippen LogP contribution in [-0.4, -0.2) is 4.57 Å². The molecule has 2 aromatic rings. The molecule has 2 N–H and O–H groups in total. The molecule has 4 nitrogen and oxygen atoms in total. The molecule has 0 unspecified atom stereocenters. The minimum Gasteiger partial charge on any atom is -0.483 e. The van der Waals surface area contributed by atoms with Gasteiger partial charge in [0.15, 0.2) is 5.75 Å². The number of rotatable bonds is 5. The summed E-state index contributed by atoms with van der Waals surface area (Å²) >= 11 is 0. The molecule has 0 saturated carbocycles. The molecule has 0 fully saturated rings. The molecule has 4 heteroatoms. The van der Waals surface area contributed by atoms with Crippen LogP contribution in [0.15, 0.2) is 59.7 Å². The van der Waals surface area contributed by atoms with E-state index in [0.717, 1.165) is 11.3 Å². The minimum absolute atomic E-state index is 0.105. The Labute approximate surface area is 118 Å². The van der Waals surface area contributed by atoms with Gasteiger partial charge in [0.2, 0.25) is 5.43 Å². The zero-order valence-electron chi connectivity index (χ0n) is 11.5. The van der Waals surface area contributed by atoms with Crippen molar-refractivity contribution in [2.45, 2.75) is 20.1 Å². The predicted octanol–water partition coefficient (Wildman–Crippen LogP) is 2.21. The first-order chi connectivity index (χ1) is 9.72. The Hall–Kier alpha value is -2.49. The first-order valence-electron chi connectivity index (χ1n) is 6.46. The lowest BCUT2D eigenvalue weighted by molar-refractivity contribution is 0.297. The highest BCUT2D eigenvalue weighted by molar-refractivity contribution is 5.28. The Morgan fingerprint density at radius 3 is 2.70 bits per heavy atom. The quantitative estimate of drug-likeness (QED) is 0.906. The largest absolute Gasteiger partial charge is 0.483 e. The van der Waals surface area contributed by atoms with Crippen LogP contribution < -0.4 is 15.9 Å². The molecule has 2 rings (SSSR count). The molecule has 0 amide bonds. The third-order valence-electron chi connectivity index (χ3n) is 3.05. The maximum absolute atomic E-state index is 11.9. The zero-order valence-corrected chi connectivity index (χ0v) is 11.5. The van der Waals surface area contributed by atoms with Crippen LogP contribution in [0.1, 0.15) is 11.3 Å². The van der Waals surface area contributed by atoms with Crippen molar-refractivity contribution >= 4 is 0 Å². The number of benzene rings is 1. The van der Waals surface area contributed by atoms with Gasteiger partial charge in [-0.25, -0.2) is 0 Å². The minimum atomic E-state index is -0.105. The molecular formula is C16H18N2O2. The molecule has 104 valence electrons. The van der Waals surface area contributed by atoms with Gasteiger partial charge in [-0.05, 0) is 24.8 Å². The van der Waals surface area contributed by atoms with Crippen molar-refractivity contribution in [3.8, 4) is 5.75 Å². The van der Waals surface area contributed by atoms with Crippen molar-refractivity contribution in [3.05, 3.63) is 76.4 Å². The highest BCUT2D eigenvalue weighted by Gasteiger charge is 2.08. The first kappa shape index (κ1) is 13.9. The van der Waals surface area contributed by atoms with E-state index >= 15 is 0 Å². The van der Waals surface area contributed by atoms with E-state index in [1.807, 2.05) is 47.9 Å². The van der Waals surface area contributed by atoms with E-state index in [1.54, 1.807) is 6.20 Å². The number of allylic oxidation sites excluding steroid dienone is 1. The fraction of sp³-hybridized carbons (Fsp3) is 0.188. The smallest absolute Gasteiger partial charge is 0.223 e. The van der Waals surface area contributed by atoms with E-state index < -0.39 is 0 Å². The van der Waals surface area contributed by atoms with Crippen molar-refractivity contribution < 1.29 is 4.74 Å². The standard InChI is InChI=1S/C16H18N2O2/c1-13-16(20-12-14-6-3-2-4-7-14)15(19)8-11-18(13)10-5-9-17/h2-9,11H,10,12,17H2,1H3. The molecule has 0 aliphatic rings. The van der Waals surface area contributed by atoms with Gasteiger partial charge < -0.3 is 15.0 Å². The number of ether oxygens (including phenoxy) is 1. The van der Waals surface area contributed by atoms with Crippen molar-refractivity contribution in [1.82, 2.24) is 4.57 Å². The van der Waals surface area contributed by atoms with E-state index in [1.165, 1.54) is 12.3 Å². The second-order valence-electron chi connectivity index (χ2n) is 4.45.